The molecule has 0 amide bonds. The summed E-state index contributed by atoms with van der Waals surface area (Å²) in [4.78, 5) is 6.91. The molecule has 3 rings (SSSR count). The van der Waals surface area contributed by atoms with Crippen molar-refractivity contribution >= 4 is 32.5 Å². The second kappa shape index (κ2) is 7.40. The predicted octanol–water partition coefficient (Wildman–Crippen LogP) is 3.63. The number of piperidine rings is 1. The van der Waals surface area contributed by atoms with Crippen molar-refractivity contribution in [3.63, 3.8) is 0 Å². The Morgan fingerprint density at radius 1 is 1.23 bits per heavy atom. The molecule has 0 atom stereocenters. The van der Waals surface area contributed by atoms with Gasteiger partial charge in [0.15, 0.2) is 0 Å². The molecule has 1 aromatic carbocycles. The second-order valence-corrected chi connectivity index (χ2v) is 6.46. The number of benzene rings is 1. The molecule has 1 aliphatic rings. The van der Waals surface area contributed by atoms with E-state index in [0.29, 0.717) is 19.3 Å². The van der Waals surface area contributed by atoms with Gasteiger partial charge in [0.1, 0.15) is 0 Å². The first kappa shape index (κ1) is 15.7. The molecule has 1 aromatic heterocycles. The highest BCUT2D eigenvalue weighted by Gasteiger charge is 2.21. The Morgan fingerprint density at radius 3 is 2.82 bits per heavy atom. The predicted molar refractivity (Wildman–Crippen MR) is 92.5 cm³/mol. The van der Waals surface area contributed by atoms with Crippen LogP contribution in [0.5, 0.6) is 0 Å². The average molecular weight is 365 g/mol. The highest BCUT2D eigenvalue weighted by atomic mass is 79.9. The summed E-state index contributed by atoms with van der Waals surface area (Å²) in [5, 5.41) is 1.21. The molecule has 0 saturated carbocycles. The van der Waals surface area contributed by atoms with Crippen LogP contribution in [0.3, 0.4) is 0 Å². The summed E-state index contributed by atoms with van der Waals surface area (Å²) in [7, 11) is 1.71. The average Bonchev–Trinajstić information content (AvgIpc) is 2.55. The van der Waals surface area contributed by atoms with E-state index in [1.54, 1.807) is 7.11 Å². The van der Waals surface area contributed by atoms with Gasteiger partial charge in [-0.3, -0.25) is 4.98 Å². The van der Waals surface area contributed by atoms with E-state index in [1.165, 1.54) is 11.1 Å². The van der Waals surface area contributed by atoms with Gasteiger partial charge in [0.05, 0.1) is 24.8 Å². The topological polar surface area (TPSA) is 34.6 Å². The maximum atomic E-state index is 5.84. The minimum atomic E-state index is 0.355. The van der Waals surface area contributed by atoms with Gasteiger partial charge in [-0.25, -0.2) is 0 Å². The lowest BCUT2D eigenvalue weighted by Gasteiger charge is -2.34. The van der Waals surface area contributed by atoms with E-state index in [1.807, 2.05) is 6.20 Å². The van der Waals surface area contributed by atoms with E-state index in [9.17, 15) is 0 Å². The number of hydrogen-bond donors (Lipinski definition) is 0. The minimum absolute atomic E-state index is 0.355. The van der Waals surface area contributed by atoms with Gasteiger partial charge in [-0.05, 0) is 37.1 Å². The number of halogens is 1. The van der Waals surface area contributed by atoms with Crippen LogP contribution in [0, 0.1) is 0 Å². The highest BCUT2D eigenvalue weighted by molar-refractivity contribution is 9.10. The van der Waals surface area contributed by atoms with Crippen LogP contribution in [-0.4, -0.2) is 44.5 Å². The van der Waals surface area contributed by atoms with E-state index < -0.39 is 0 Å². The molecule has 0 radical (unpaired) electrons. The first-order valence-electron chi connectivity index (χ1n) is 7.67. The number of pyridine rings is 1. The fraction of sp³-hybridized carbons (Fsp3) is 0.471. The van der Waals surface area contributed by atoms with E-state index in [4.69, 9.17) is 9.47 Å². The maximum Gasteiger partial charge on any atom is 0.0734 e. The Kier molecular flexibility index (Phi) is 5.28. The molecule has 4 nitrogen and oxygen atoms in total. The van der Waals surface area contributed by atoms with Crippen molar-refractivity contribution < 1.29 is 9.47 Å². The number of methoxy groups -OCH3 is 1. The molecule has 118 valence electrons. The maximum absolute atomic E-state index is 5.84. The monoisotopic (exact) mass is 364 g/mol. The molecule has 22 heavy (non-hydrogen) atoms. The molecule has 0 bridgehead atoms. The summed E-state index contributed by atoms with van der Waals surface area (Å²) >= 11 is 3.51. The fourth-order valence-electron chi connectivity index (χ4n) is 2.94. The van der Waals surface area contributed by atoms with Gasteiger partial charge < -0.3 is 14.4 Å². The summed E-state index contributed by atoms with van der Waals surface area (Å²) in [6, 6.07) is 8.40. The van der Waals surface area contributed by atoms with E-state index in [2.05, 4.69) is 50.1 Å². The van der Waals surface area contributed by atoms with Crippen LogP contribution < -0.4 is 4.90 Å². The third kappa shape index (κ3) is 3.59. The minimum Gasteiger partial charge on any atom is -0.382 e. The quantitative estimate of drug-likeness (QED) is 0.758. The third-order valence-corrected chi connectivity index (χ3v) is 4.60. The van der Waals surface area contributed by atoms with Gasteiger partial charge in [-0.15, -0.1) is 0 Å². The molecule has 2 heterocycles. The molecular weight excluding hydrogens is 344 g/mol. The first-order valence-corrected chi connectivity index (χ1v) is 8.47. The summed E-state index contributed by atoms with van der Waals surface area (Å²) in [5.74, 6) is 0. The molecule has 1 fully saturated rings. The standard InChI is InChI=1S/C17H21BrN2O2/c1-21-10-11-22-14-5-8-20(9-6-14)17-4-7-19-16-12-13(18)2-3-15(16)17/h2-4,7,12,14H,5-6,8-11H2,1H3. The zero-order valence-electron chi connectivity index (χ0n) is 12.8. The summed E-state index contributed by atoms with van der Waals surface area (Å²) < 4.78 is 11.9. The Balaban J connectivity index is 1.69. The summed E-state index contributed by atoms with van der Waals surface area (Å²) in [6.07, 6.45) is 4.37. The van der Waals surface area contributed by atoms with Crippen LogP contribution in [-0.2, 0) is 9.47 Å². The van der Waals surface area contributed by atoms with Gasteiger partial charge in [0.2, 0.25) is 0 Å². The van der Waals surface area contributed by atoms with Crippen LogP contribution >= 0.6 is 15.9 Å². The van der Waals surface area contributed by atoms with Crippen molar-refractivity contribution in [2.75, 3.05) is 38.3 Å². The van der Waals surface area contributed by atoms with Gasteiger partial charge >= 0.3 is 0 Å². The van der Waals surface area contributed by atoms with Crippen LogP contribution in [0.2, 0.25) is 0 Å². The van der Waals surface area contributed by atoms with Gasteiger partial charge in [-0.1, -0.05) is 15.9 Å². The lowest BCUT2D eigenvalue weighted by atomic mass is 10.1. The molecule has 0 spiro atoms. The number of nitrogens with zero attached hydrogens (tertiary/aromatic N) is 2. The molecule has 0 unspecified atom stereocenters. The van der Waals surface area contributed by atoms with Gasteiger partial charge in [0.25, 0.3) is 0 Å². The number of ether oxygens (including phenoxy) is 2. The van der Waals surface area contributed by atoms with Crippen molar-refractivity contribution in [1.29, 1.82) is 0 Å². The lowest BCUT2D eigenvalue weighted by molar-refractivity contribution is 0.00612. The lowest BCUT2D eigenvalue weighted by Crippen LogP contribution is -2.37. The van der Waals surface area contributed by atoms with Crippen LogP contribution in [0.25, 0.3) is 10.9 Å². The van der Waals surface area contributed by atoms with Gasteiger partial charge in [-0.2, -0.15) is 0 Å². The second-order valence-electron chi connectivity index (χ2n) is 5.54. The third-order valence-electron chi connectivity index (χ3n) is 4.11. The van der Waals surface area contributed by atoms with Crippen LogP contribution in [0.1, 0.15) is 12.8 Å². The van der Waals surface area contributed by atoms with Crippen molar-refractivity contribution in [1.82, 2.24) is 4.98 Å². The Bertz CT molecular complexity index is 627. The number of anilines is 1. The molecule has 0 aliphatic carbocycles. The van der Waals surface area contributed by atoms with E-state index in [-0.39, 0.29) is 0 Å². The number of hydrogen-bond acceptors (Lipinski definition) is 4. The molecular formula is C17H21BrN2O2. The Labute approximate surface area is 139 Å². The fourth-order valence-corrected chi connectivity index (χ4v) is 3.29. The SMILES string of the molecule is COCCOC1CCN(c2ccnc3cc(Br)ccc23)CC1. The highest BCUT2D eigenvalue weighted by Crippen LogP contribution is 2.29. The molecule has 2 aromatic rings. The van der Waals surface area contributed by atoms with Crippen molar-refractivity contribution in [3.8, 4) is 0 Å². The molecule has 5 heteroatoms. The normalized spacial score (nSPS) is 16.4. The summed E-state index contributed by atoms with van der Waals surface area (Å²) in [6.45, 7) is 3.40. The number of fused-ring (bicyclic) bond motifs is 1. The summed E-state index contributed by atoms with van der Waals surface area (Å²) in [5.41, 5.74) is 2.30. The Hall–Kier alpha value is -1.17. The smallest absolute Gasteiger partial charge is 0.0734 e. The molecule has 0 N–H and O–H groups in total. The Morgan fingerprint density at radius 2 is 2.05 bits per heavy atom. The van der Waals surface area contributed by atoms with E-state index in [0.717, 1.165) is 35.9 Å². The van der Waals surface area contributed by atoms with E-state index >= 15 is 0 Å². The van der Waals surface area contributed by atoms with Crippen LogP contribution in [0.15, 0.2) is 34.9 Å². The zero-order valence-corrected chi connectivity index (χ0v) is 14.4. The largest absolute Gasteiger partial charge is 0.382 e. The van der Waals surface area contributed by atoms with Gasteiger partial charge in [0, 0.05) is 41.9 Å². The van der Waals surface area contributed by atoms with Crippen molar-refractivity contribution in [2.24, 2.45) is 0 Å². The number of rotatable bonds is 5. The van der Waals surface area contributed by atoms with Crippen molar-refractivity contribution in [2.45, 2.75) is 18.9 Å². The molecule has 1 aliphatic heterocycles. The number of aromatic nitrogens is 1. The zero-order chi connectivity index (χ0) is 15.4. The first-order chi connectivity index (χ1) is 10.8. The molecule has 1 saturated heterocycles. The van der Waals surface area contributed by atoms with Crippen molar-refractivity contribution in [3.05, 3.63) is 34.9 Å². The van der Waals surface area contributed by atoms with Crippen LogP contribution in [0.4, 0.5) is 5.69 Å².